The molecule has 0 saturated heterocycles. The van der Waals surface area contributed by atoms with E-state index in [4.69, 9.17) is 5.11 Å². The Bertz CT molecular complexity index is 398. The van der Waals surface area contributed by atoms with Crippen LogP contribution < -0.4 is 10.6 Å². The first kappa shape index (κ1) is 14.4. The van der Waals surface area contributed by atoms with Gasteiger partial charge in [0.2, 0.25) is 5.91 Å². The molecule has 0 fully saturated rings. The maximum Gasteiger partial charge on any atom is 0.405 e. The molecule has 0 aliphatic heterocycles. The van der Waals surface area contributed by atoms with Crippen molar-refractivity contribution in [2.24, 2.45) is 0 Å². The number of carbonyl (C=O) groups excluding carboxylic acids is 1. The third kappa shape index (κ3) is 5.09. The maximum absolute atomic E-state index is 11.9. The Kier molecular flexibility index (Phi) is 6.07. The molecule has 1 aromatic rings. The number of anilines is 1. The van der Waals surface area contributed by atoms with Crippen LogP contribution in [0.3, 0.4) is 0 Å². The Morgan fingerprint density at radius 3 is 2.56 bits per heavy atom. The lowest BCUT2D eigenvalue weighted by molar-refractivity contribution is -0.118. The van der Waals surface area contributed by atoms with Crippen LogP contribution in [0.5, 0.6) is 0 Å². The number of nitrogens with one attached hydrogen (secondary N) is 2. The van der Waals surface area contributed by atoms with Crippen LogP contribution in [0.4, 0.5) is 10.5 Å². The van der Waals surface area contributed by atoms with Gasteiger partial charge in [0.15, 0.2) is 0 Å². The Balaban J connectivity index is 2.60. The van der Waals surface area contributed by atoms with Gasteiger partial charge in [-0.1, -0.05) is 18.2 Å². The Hall–Kier alpha value is -1.69. The van der Waals surface area contributed by atoms with Gasteiger partial charge in [0, 0.05) is 5.69 Å². The van der Waals surface area contributed by atoms with E-state index in [2.05, 4.69) is 10.6 Å². The average molecular weight is 268 g/mol. The smallest absolute Gasteiger partial charge is 0.405 e. The van der Waals surface area contributed by atoms with Gasteiger partial charge >= 0.3 is 6.09 Å². The lowest BCUT2D eigenvalue weighted by Gasteiger charge is -2.16. The monoisotopic (exact) mass is 268 g/mol. The summed E-state index contributed by atoms with van der Waals surface area (Å²) in [5, 5.41) is 13.6. The average Bonchev–Trinajstić information content (AvgIpc) is 2.35. The summed E-state index contributed by atoms with van der Waals surface area (Å²) in [7, 11) is 0. The number of benzene rings is 1. The van der Waals surface area contributed by atoms with Crippen molar-refractivity contribution in [1.82, 2.24) is 5.32 Å². The summed E-state index contributed by atoms with van der Waals surface area (Å²) in [4.78, 5) is 22.5. The van der Waals surface area contributed by atoms with E-state index in [1.807, 2.05) is 12.3 Å². The highest BCUT2D eigenvalue weighted by atomic mass is 32.2. The highest BCUT2D eigenvalue weighted by Gasteiger charge is 2.19. The summed E-state index contributed by atoms with van der Waals surface area (Å²) in [5.41, 5.74) is 0.656. The summed E-state index contributed by atoms with van der Waals surface area (Å²) in [5.74, 6) is 0.380. The van der Waals surface area contributed by atoms with E-state index in [0.29, 0.717) is 17.9 Å². The zero-order chi connectivity index (χ0) is 13.4. The first-order valence-electron chi connectivity index (χ1n) is 5.48. The van der Waals surface area contributed by atoms with Crippen molar-refractivity contribution in [3.8, 4) is 0 Å². The molecule has 0 bridgehead atoms. The topological polar surface area (TPSA) is 78.4 Å². The van der Waals surface area contributed by atoms with Gasteiger partial charge < -0.3 is 15.7 Å². The molecule has 0 radical (unpaired) electrons. The fourth-order valence-corrected chi connectivity index (χ4v) is 1.88. The molecule has 5 nitrogen and oxygen atoms in total. The van der Waals surface area contributed by atoms with E-state index >= 15 is 0 Å². The van der Waals surface area contributed by atoms with E-state index in [-0.39, 0.29) is 5.91 Å². The molecular weight excluding hydrogens is 252 g/mol. The van der Waals surface area contributed by atoms with Crippen LogP contribution in [-0.4, -0.2) is 35.2 Å². The van der Waals surface area contributed by atoms with Gasteiger partial charge in [-0.05, 0) is 30.6 Å². The first-order valence-corrected chi connectivity index (χ1v) is 6.87. The fraction of sp³-hybridized carbons (Fsp3) is 0.333. The molecule has 18 heavy (non-hydrogen) atoms. The summed E-state index contributed by atoms with van der Waals surface area (Å²) >= 11 is 1.57. The van der Waals surface area contributed by atoms with Crippen molar-refractivity contribution in [2.75, 3.05) is 17.3 Å². The highest BCUT2D eigenvalue weighted by molar-refractivity contribution is 7.98. The normalized spacial score (nSPS) is 11.6. The molecule has 0 spiro atoms. The van der Waals surface area contributed by atoms with Gasteiger partial charge in [0.05, 0.1) is 0 Å². The summed E-state index contributed by atoms with van der Waals surface area (Å²) in [6.45, 7) is 0. The lowest BCUT2D eigenvalue weighted by atomic mass is 10.2. The van der Waals surface area contributed by atoms with Crippen LogP contribution in [0.2, 0.25) is 0 Å². The van der Waals surface area contributed by atoms with E-state index in [9.17, 15) is 9.59 Å². The van der Waals surface area contributed by atoms with Crippen LogP contribution >= 0.6 is 11.8 Å². The predicted octanol–water partition coefficient (Wildman–Crippen LogP) is 2.01. The molecule has 0 aromatic heterocycles. The molecule has 3 N–H and O–H groups in total. The summed E-state index contributed by atoms with van der Waals surface area (Å²) in [6.07, 6.45) is 1.18. The van der Waals surface area contributed by atoms with Crippen LogP contribution in [0.25, 0.3) is 0 Å². The fourth-order valence-electron chi connectivity index (χ4n) is 1.40. The molecular formula is C12H16N2O3S. The van der Waals surface area contributed by atoms with Crippen LogP contribution in [0.15, 0.2) is 30.3 Å². The number of rotatable bonds is 6. The Morgan fingerprint density at radius 2 is 2.00 bits per heavy atom. The van der Waals surface area contributed by atoms with Crippen molar-refractivity contribution in [3.63, 3.8) is 0 Å². The highest BCUT2D eigenvalue weighted by Crippen LogP contribution is 2.08. The summed E-state index contributed by atoms with van der Waals surface area (Å²) in [6, 6.07) is 8.23. The van der Waals surface area contributed by atoms with Crippen LogP contribution in [-0.2, 0) is 4.79 Å². The van der Waals surface area contributed by atoms with Crippen LogP contribution in [0, 0.1) is 0 Å². The molecule has 6 heteroatoms. The SMILES string of the molecule is CSCCC(NC(=O)O)C(=O)Nc1ccccc1. The second kappa shape index (κ2) is 7.60. The Morgan fingerprint density at radius 1 is 1.33 bits per heavy atom. The van der Waals surface area contributed by atoms with Crippen molar-refractivity contribution in [1.29, 1.82) is 0 Å². The molecule has 1 unspecified atom stereocenters. The number of carbonyl (C=O) groups is 2. The van der Waals surface area contributed by atoms with Crippen molar-refractivity contribution < 1.29 is 14.7 Å². The van der Waals surface area contributed by atoms with Gasteiger partial charge in [-0.2, -0.15) is 11.8 Å². The largest absolute Gasteiger partial charge is 0.465 e. The van der Waals surface area contributed by atoms with Gasteiger partial charge in [-0.25, -0.2) is 4.79 Å². The third-order valence-electron chi connectivity index (χ3n) is 2.27. The number of hydrogen-bond acceptors (Lipinski definition) is 3. The number of thioether (sulfide) groups is 1. The molecule has 2 amide bonds. The van der Waals surface area contributed by atoms with E-state index in [1.165, 1.54) is 0 Å². The third-order valence-corrected chi connectivity index (χ3v) is 2.91. The molecule has 1 rings (SSSR count). The van der Waals surface area contributed by atoms with E-state index < -0.39 is 12.1 Å². The zero-order valence-corrected chi connectivity index (χ0v) is 10.9. The predicted molar refractivity (Wildman–Crippen MR) is 73.0 cm³/mol. The van der Waals surface area contributed by atoms with E-state index in [1.54, 1.807) is 36.0 Å². The van der Waals surface area contributed by atoms with Gasteiger partial charge in [-0.3, -0.25) is 4.79 Å². The maximum atomic E-state index is 11.9. The number of carboxylic acid groups (broad SMARTS) is 1. The molecule has 98 valence electrons. The van der Waals surface area contributed by atoms with Crippen molar-refractivity contribution >= 4 is 29.4 Å². The number of hydrogen-bond donors (Lipinski definition) is 3. The lowest BCUT2D eigenvalue weighted by Crippen LogP contribution is -2.43. The second-order valence-corrected chi connectivity index (χ2v) is 4.62. The Labute approximate surface area is 110 Å². The number of para-hydroxylation sites is 1. The van der Waals surface area contributed by atoms with Crippen molar-refractivity contribution in [2.45, 2.75) is 12.5 Å². The van der Waals surface area contributed by atoms with Crippen molar-refractivity contribution in [3.05, 3.63) is 30.3 Å². The minimum absolute atomic E-state index is 0.336. The molecule has 0 aliphatic rings. The second-order valence-electron chi connectivity index (χ2n) is 3.64. The minimum atomic E-state index is -1.19. The van der Waals surface area contributed by atoms with Gasteiger partial charge in [0.1, 0.15) is 6.04 Å². The first-order chi connectivity index (χ1) is 8.63. The zero-order valence-electron chi connectivity index (χ0n) is 10.1. The number of amides is 2. The molecule has 1 atom stereocenters. The van der Waals surface area contributed by atoms with Gasteiger partial charge in [0.25, 0.3) is 0 Å². The van der Waals surface area contributed by atoms with Crippen LogP contribution in [0.1, 0.15) is 6.42 Å². The van der Waals surface area contributed by atoms with E-state index in [0.717, 1.165) is 0 Å². The summed E-state index contributed by atoms with van der Waals surface area (Å²) < 4.78 is 0. The standard InChI is InChI=1S/C12H16N2O3S/c1-18-8-7-10(14-12(16)17)11(15)13-9-5-3-2-4-6-9/h2-6,10,14H,7-8H2,1H3,(H,13,15)(H,16,17). The minimum Gasteiger partial charge on any atom is -0.465 e. The van der Waals surface area contributed by atoms with Gasteiger partial charge in [-0.15, -0.1) is 0 Å². The molecule has 0 saturated carbocycles. The molecule has 1 aromatic carbocycles. The molecule has 0 aliphatic carbocycles. The molecule has 0 heterocycles. The quantitative estimate of drug-likeness (QED) is 0.737.